The van der Waals surface area contributed by atoms with Crippen molar-refractivity contribution in [1.29, 1.82) is 0 Å². The number of carbonyl (C=O) groups is 2. The molecule has 0 unspecified atom stereocenters. The lowest BCUT2D eigenvalue weighted by molar-refractivity contribution is 0.0256. The van der Waals surface area contributed by atoms with E-state index < -0.39 is 17.7 Å². The van der Waals surface area contributed by atoms with E-state index in [0.29, 0.717) is 17.3 Å². The van der Waals surface area contributed by atoms with Crippen molar-refractivity contribution < 1.29 is 23.1 Å². The van der Waals surface area contributed by atoms with Gasteiger partial charge in [0, 0.05) is 25.4 Å². The molecule has 4 heterocycles. The molecule has 10 nitrogen and oxygen atoms in total. The van der Waals surface area contributed by atoms with Crippen molar-refractivity contribution >= 4 is 29.0 Å². The lowest BCUT2D eigenvalue weighted by atomic mass is 10.2. The maximum absolute atomic E-state index is 13.4. The van der Waals surface area contributed by atoms with Crippen molar-refractivity contribution in [2.45, 2.75) is 12.3 Å². The molecular weight excluding hydrogens is 424 g/mol. The summed E-state index contributed by atoms with van der Waals surface area (Å²) in [4.78, 5) is 34.7. The second kappa shape index (κ2) is 8.57. The van der Waals surface area contributed by atoms with Crippen molar-refractivity contribution in [3.63, 3.8) is 0 Å². The van der Waals surface area contributed by atoms with E-state index in [0.717, 1.165) is 0 Å². The largest absolute Gasteiger partial charge is 0.495 e. The van der Waals surface area contributed by atoms with Gasteiger partial charge in [0.25, 0.3) is 17.7 Å². The summed E-state index contributed by atoms with van der Waals surface area (Å²) in [5.74, 6) is -3.00. The predicted octanol–water partition coefficient (Wildman–Crippen LogP) is 2.56. The van der Waals surface area contributed by atoms with Gasteiger partial charge in [0.2, 0.25) is 0 Å². The molecule has 32 heavy (non-hydrogen) atoms. The maximum Gasteiger partial charge on any atom is 0.278 e. The molecule has 3 N–H and O–H groups in total. The molecule has 0 radical (unpaired) electrons. The molecule has 1 fully saturated rings. The van der Waals surface area contributed by atoms with Crippen LogP contribution in [0.5, 0.6) is 5.75 Å². The zero-order valence-corrected chi connectivity index (χ0v) is 16.9. The Hall–Kier alpha value is -4.09. The van der Waals surface area contributed by atoms with Crippen LogP contribution in [0.1, 0.15) is 27.3 Å². The van der Waals surface area contributed by atoms with Crippen LogP contribution in [0.15, 0.2) is 43.0 Å². The number of nitrogens with zero attached hydrogens (tertiary/aromatic N) is 4. The normalized spacial score (nSPS) is 14.8. The van der Waals surface area contributed by atoms with Crippen molar-refractivity contribution in [3.8, 4) is 5.75 Å². The van der Waals surface area contributed by atoms with Gasteiger partial charge < -0.3 is 20.3 Å². The van der Waals surface area contributed by atoms with E-state index in [-0.39, 0.29) is 36.5 Å². The van der Waals surface area contributed by atoms with E-state index >= 15 is 0 Å². The number of alkyl halides is 2. The number of aromatic nitrogens is 4. The number of methoxy groups -OCH3 is 1. The average Bonchev–Trinajstić information content (AvgIpc) is 3.40. The Morgan fingerprint density at radius 2 is 2.03 bits per heavy atom. The number of anilines is 3. The molecule has 0 spiro atoms. The minimum atomic E-state index is -2.73. The van der Waals surface area contributed by atoms with Gasteiger partial charge in [-0.3, -0.25) is 19.7 Å². The third-order valence-electron chi connectivity index (χ3n) is 4.81. The molecule has 0 atom stereocenters. The van der Waals surface area contributed by atoms with Crippen molar-refractivity contribution in [1.82, 2.24) is 20.2 Å². The Balaban J connectivity index is 1.41. The number of hydrogen-bond acceptors (Lipinski definition) is 7. The number of amides is 2. The summed E-state index contributed by atoms with van der Waals surface area (Å²) in [6.07, 6.45) is 5.35. The SMILES string of the molecule is COc1cncc(C(=O)Nc2c[nH]nc2C(=O)Nc2ccc(N3CCC(F)(F)C3)nc2)c1. The molecule has 0 bridgehead atoms. The molecule has 1 aliphatic rings. The lowest BCUT2D eigenvalue weighted by Crippen LogP contribution is -2.25. The van der Waals surface area contributed by atoms with Crippen LogP contribution < -0.4 is 20.3 Å². The Kier molecular flexibility index (Phi) is 5.67. The molecular formula is C20H19F2N7O3. The molecule has 1 aliphatic heterocycles. The highest BCUT2D eigenvalue weighted by Gasteiger charge is 2.38. The summed E-state index contributed by atoms with van der Waals surface area (Å²) >= 11 is 0. The van der Waals surface area contributed by atoms with Crippen LogP contribution in [0.25, 0.3) is 0 Å². The Morgan fingerprint density at radius 3 is 2.72 bits per heavy atom. The Morgan fingerprint density at radius 1 is 1.19 bits per heavy atom. The molecule has 0 aromatic carbocycles. The number of H-pyrrole nitrogens is 1. The number of halogens is 2. The van der Waals surface area contributed by atoms with Gasteiger partial charge in [-0.25, -0.2) is 13.8 Å². The van der Waals surface area contributed by atoms with Crippen LogP contribution in [0.4, 0.5) is 26.0 Å². The van der Waals surface area contributed by atoms with Gasteiger partial charge in [0.05, 0.1) is 43.0 Å². The van der Waals surface area contributed by atoms with Crippen LogP contribution in [0.3, 0.4) is 0 Å². The minimum absolute atomic E-state index is 0.0440. The highest BCUT2D eigenvalue weighted by Crippen LogP contribution is 2.30. The fourth-order valence-electron chi connectivity index (χ4n) is 3.18. The first kappa shape index (κ1) is 21.2. The third-order valence-corrected chi connectivity index (χ3v) is 4.81. The number of rotatable bonds is 6. The van der Waals surface area contributed by atoms with Gasteiger partial charge >= 0.3 is 0 Å². The van der Waals surface area contributed by atoms with Crippen LogP contribution in [0.2, 0.25) is 0 Å². The van der Waals surface area contributed by atoms with Gasteiger partial charge in [-0.2, -0.15) is 5.10 Å². The number of aromatic amines is 1. The van der Waals surface area contributed by atoms with Gasteiger partial charge in [0.15, 0.2) is 5.69 Å². The van der Waals surface area contributed by atoms with Crippen LogP contribution >= 0.6 is 0 Å². The van der Waals surface area contributed by atoms with Crippen molar-refractivity contribution in [2.75, 3.05) is 35.7 Å². The molecule has 12 heteroatoms. The van der Waals surface area contributed by atoms with Gasteiger partial charge in [-0.1, -0.05) is 0 Å². The minimum Gasteiger partial charge on any atom is -0.495 e. The summed E-state index contributed by atoms with van der Waals surface area (Å²) in [7, 11) is 1.46. The Labute approximate surface area is 181 Å². The summed E-state index contributed by atoms with van der Waals surface area (Å²) in [6, 6.07) is 4.62. The van der Waals surface area contributed by atoms with E-state index in [9.17, 15) is 18.4 Å². The first-order valence-corrected chi connectivity index (χ1v) is 9.59. The van der Waals surface area contributed by atoms with Gasteiger partial charge in [-0.15, -0.1) is 0 Å². The van der Waals surface area contributed by atoms with E-state index in [1.807, 2.05) is 0 Å². The van der Waals surface area contributed by atoms with Crippen LogP contribution in [-0.2, 0) is 0 Å². The van der Waals surface area contributed by atoms with Crippen molar-refractivity contribution in [2.24, 2.45) is 0 Å². The third kappa shape index (κ3) is 4.63. The fourth-order valence-corrected chi connectivity index (χ4v) is 3.18. The number of carbonyl (C=O) groups excluding carboxylic acids is 2. The smallest absolute Gasteiger partial charge is 0.278 e. The molecule has 166 valence electrons. The number of nitrogens with one attached hydrogen (secondary N) is 3. The predicted molar refractivity (Wildman–Crippen MR) is 111 cm³/mol. The monoisotopic (exact) mass is 443 g/mol. The summed E-state index contributed by atoms with van der Waals surface area (Å²) in [5.41, 5.74) is 0.711. The second-order valence-corrected chi connectivity index (χ2v) is 7.10. The average molecular weight is 443 g/mol. The number of hydrogen-bond donors (Lipinski definition) is 3. The van der Waals surface area contributed by atoms with Gasteiger partial charge in [0.1, 0.15) is 11.6 Å². The van der Waals surface area contributed by atoms with E-state index in [4.69, 9.17) is 4.74 Å². The molecule has 0 aliphatic carbocycles. The molecule has 2 amide bonds. The molecule has 1 saturated heterocycles. The van der Waals surface area contributed by atoms with E-state index in [2.05, 4.69) is 30.8 Å². The maximum atomic E-state index is 13.4. The molecule has 4 rings (SSSR count). The fraction of sp³-hybridized carbons (Fsp3) is 0.250. The van der Waals surface area contributed by atoms with Gasteiger partial charge in [-0.05, 0) is 18.2 Å². The number of ether oxygens (including phenoxy) is 1. The van der Waals surface area contributed by atoms with Crippen LogP contribution in [-0.4, -0.2) is 58.1 Å². The first-order valence-electron chi connectivity index (χ1n) is 9.59. The van der Waals surface area contributed by atoms with E-state index in [1.54, 1.807) is 12.1 Å². The lowest BCUT2D eigenvalue weighted by Gasteiger charge is -2.17. The second-order valence-electron chi connectivity index (χ2n) is 7.10. The quantitative estimate of drug-likeness (QED) is 0.535. The zero-order valence-electron chi connectivity index (χ0n) is 16.9. The molecule has 3 aromatic rings. The summed E-state index contributed by atoms with van der Waals surface area (Å²) in [6.45, 7) is -0.171. The van der Waals surface area contributed by atoms with Crippen molar-refractivity contribution in [3.05, 3.63) is 54.2 Å². The number of pyridine rings is 2. The summed E-state index contributed by atoms with van der Waals surface area (Å²) in [5, 5.41) is 11.6. The summed E-state index contributed by atoms with van der Waals surface area (Å²) < 4.78 is 31.8. The standard InChI is InChI=1S/C20H19F2N7O3/c1-32-14-6-12(7-23-9-14)18(30)27-15-10-25-28-17(15)19(31)26-13-2-3-16(24-8-13)29-5-4-20(21,22)11-29/h2-3,6-10H,4-5,11H2,1H3,(H,25,28)(H,26,31)(H,27,30). The highest BCUT2D eigenvalue weighted by molar-refractivity contribution is 6.11. The molecule has 0 saturated carbocycles. The first-order chi connectivity index (χ1) is 15.3. The Bertz CT molecular complexity index is 1130. The van der Waals surface area contributed by atoms with Crippen LogP contribution in [0, 0.1) is 0 Å². The molecule has 3 aromatic heterocycles. The topological polar surface area (TPSA) is 125 Å². The highest BCUT2D eigenvalue weighted by atomic mass is 19.3. The van der Waals surface area contributed by atoms with E-state index in [1.165, 1.54) is 42.9 Å². The zero-order chi connectivity index (χ0) is 22.7.